The molecule has 3 heteroatoms. The first-order valence-electron chi connectivity index (χ1n) is 4.86. The van der Waals surface area contributed by atoms with Crippen LogP contribution in [0, 0.1) is 0 Å². The third kappa shape index (κ3) is 1.24. The second kappa shape index (κ2) is 3.14. The van der Waals surface area contributed by atoms with Crippen LogP contribution < -0.4 is 0 Å². The van der Waals surface area contributed by atoms with Crippen molar-refractivity contribution in [2.45, 2.75) is 0 Å². The second-order valence-corrected chi connectivity index (χ2v) is 3.54. The minimum absolute atomic E-state index is 0.164. The minimum atomic E-state index is -0.164. The third-order valence-electron chi connectivity index (χ3n) is 2.64. The van der Waals surface area contributed by atoms with Crippen LogP contribution in [0.15, 0.2) is 35.3 Å². The number of carbonyl (C=O) groups is 1. The van der Waals surface area contributed by atoms with E-state index in [4.69, 9.17) is 4.74 Å². The first-order valence-corrected chi connectivity index (χ1v) is 4.86. The Balaban J connectivity index is 2.25. The third-order valence-corrected chi connectivity index (χ3v) is 2.64. The van der Waals surface area contributed by atoms with Crippen LogP contribution in [0.25, 0.3) is 5.57 Å². The van der Waals surface area contributed by atoms with Gasteiger partial charge in [0.1, 0.15) is 0 Å². The summed E-state index contributed by atoms with van der Waals surface area (Å²) in [5, 5.41) is 0. The van der Waals surface area contributed by atoms with E-state index in [0.717, 1.165) is 16.8 Å². The topological polar surface area (TPSA) is 38.7 Å². The van der Waals surface area contributed by atoms with Crippen molar-refractivity contribution in [2.75, 3.05) is 13.2 Å². The number of rotatable bonds is 0. The van der Waals surface area contributed by atoms with Gasteiger partial charge in [-0.05, 0) is 17.7 Å². The fraction of sp³-hybridized carbons (Fsp3) is 0.167. The van der Waals surface area contributed by atoms with Crippen molar-refractivity contribution in [3.63, 3.8) is 0 Å². The van der Waals surface area contributed by atoms with E-state index in [9.17, 15) is 4.79 Å². The van der Waals surface area contributed by atoms with E-state index in [2.05, 4.69) is 4.99 Å². The molecule has 0 aliphatic carbocycles. The van der Waals surface area contributed by atoms with E-state index in [1.165, 1.54) is 0 Å². The van der Waals surface area contributed by atoms with Crippen molar-refractivity contribution in [3.8, 4) is 0 Å². The first-order chi connectivity index (χ1) is 7.36. The van der Waals surface area contributed by atoms with Crippen molar-refractivity contribution in [1.29, 1.82) is 0 Å². The molecular weight excluding hydrogens is 190 g/mol. The van der Waals surface area contributed by atoms with Gasteiger partial charge in [-0.25, -0.2) is 4.99 Å². The molecule has 0 aromatic heterocycles. The summed E-state index contributed by atoms with van der Waals surface area (Å²) in [4.78, 5) is 15.7. The van der Waals surface area contributed by atoms with Crippen LogP contribution in [0.3, 0.4) is 0 Å². The Hall–Kier alpha value is -1.74. The van der Waals surface area contributed by atoms with Gasteiger partial charge in [0.25, 0.3) is 5.91 Å². The van der Waals surface area contributed by atoms with Crippen LogP contribution in [-0.4, -0.2) is 24.8 Å². The summed E-state index contributed by atoms with van der Waals surface area (Å²) in [6, 6.07) is 7.57. The van der Waals surface area contributed by atoms with Crippen LogP contribution in [0.2, 0.25) is 0 Å². The molecule has 0 fully saturated rings. The van der Waals surface area contributed by atoms with Gasteiger partial charge in [-0.3, -0.25) is 4.79 Å². The molecule has 0 saturated heterocycles. The first kappa shape index (κ1) is 8.56. The predicted octanol–water partition coefficient (Wildman–Crippen LogP) is 1.70. The van der Waals surface area contributed by atoms with Gasteiger partial charge in [0, 0.05) is 11.1 Å². The lowest BCUT2D eigenvalue weighted by Gasteiger charge is -2.21. The highest BCUT2D eigenvalue weighted by atomic mass is 16.5. The van der Waals surface area contributed by atoms with E-state index >= 15 is 0 Å². The smallest absolute Gasteiger partial charge is 0.277 e. The van der Waals surface area contributed by atoms with Gasteiger partial charge in [0.05, 0.1) is 18.9 Å². The average molecular weight is 199 g/mol. The molecule has 0 saturated carbocycles. The Morgan fingerprint density at radius 2 is 2.00 bits per heavy atom. The zero-order valence-corrected chi connectivity index (χ0v) is 8.06. The van der Waals surface area contributed by atoms with Crippen molar-refractivity contribution in [2.24, 2.45) is 4.99 Å². The van der Waals surface area contributed by atoms with E-state index in [0.29, 0.717) is 18.8 Å². The largest absolute Gasteiger partial charge is 0.371 e. The van der Waals surface area contributed by atoms with Crippen molar-refractivity contribution >= 4 is 17.2 Å². The molecule has 3 rings (SSSR count). The Morgan fingerprint density at radius 3 is 2.87 bits per heavy atom. The van der Waals surface area contributed by atoms with Crippen molar-refractivity contribution in [3.05, 3.63) is 41.5 Å². The van der Waals surface area contributed by atoms with Gasteiger partial charge >= 0.3 is 0 Å². The number of carbonyl (C=O) groups excluding carboxylic acids is 1. The number of fused-ring (bicyclic) bond motifs is 3. The van der Waals surface area contributed by atoms with Gasteiger partial charge in [-0.2, -0.15) is 0 Å². The van der Waals surface area contributed by atoms with Gasteiger partial charge in [-0.15, -0.1) is 0 Å². The summed E-state index contributed by atoms with van der Waals surface area (Å²) in [5.74, 6) is -0.164. The lowest BCUT2D eigenvalue weighted by molar-refractivity contribution is 0.0999. The summed E-state index contributed by atoms with van der Waals surface area (Å²) in [6.45, 7) is 1.03. The number of amides is 1. The van der Waals surface area contributed by atoms with Gasteiger partial charge in [0.15, 0.2) is 0 Å². The van der Waals surface area contributed by atoms with E-state index < -0.39 is 0 Å². The molecule has 0 radical (unpaired) electrons. The summed E-state index contributed by atoms with van der Waals surface area (Å²) >= 11 is 0. The van der Waals surface area contributed by atoms with Crippen LogP contribution in [0.4, 0.5) is 0 Å². The molecule has 0 bridgehead atoms. The SMILES string of the molecule is O=C1N=C2COCC=C2c2ccccc21. The van der Waals surface area contributed by atoms with Crippen molar-refractivity contribution in [1.82, 2.24) is 0 Å². The lowest BCUT2D eigenvalue weighted by Crippen LogP contribution is -2.23. The molecular formula is C12H9NO2. The minimum Gasteiger partial charge on any atom is -0.371 e. The monoisotopic (exact) mass is 199 g/mol. The zero-order chi connectivity index (χ0) is 10.3. The Bertz CT molecular complexity index is 500. The molecule has 2 heterocycles. The molecule has 74 valence electrons. The molecule has 1 amide bonds. The molecule has 1 aromatic rings. The Labute approximate surface area is 87.1 Å². The van der Waals surface area contributed by atoms with Crippen LogP contribution >= 0.6 is 0 Å². The molecule has 15 heavy (non-hydrogen) atoms. The Morgan fingerprint density at radius 1 is 1.20 bits per heavy atom. The van der Waals surface area contributed by atoms with Crippen LogP contribution in [-0.2, 0) is 4.74 Å². The second-order valence-electron chi connectivity index (χ2n) is 3.54. The number of hydrogen-bond acceptors (Lipinski definition) is 2. The molecule has 2 aliphatic heterocycles. The highest BCUT2D eigenvalue weighted by molar-refractivity contribution is 6.32. The van der Waals surface area contributed by atoms with E-state index in [1.807, 2.05) is 30.3 Å². The standard InChI is InChI=1S/C12H9NO2/c14-12-10-4-2-1-3-8(10)9-5-6-15-7-11(9)13-12/h1-5H,6-7H2. The van der Waals surface area contributed by atoms with Gasteiger partial charge in [-0.1, -0.05) is 18.2 Å². The van der Waals surface area contributed by atoms with Gasteiger partial charge in [0.2, 0.25) is 0 Å². The molecule has 1 aromatic carbocycles. The highest BCUT2D eigenvalue weighted by Gasteiger charge is 2.24. The van der Waals surface area contributed by atoms with E-state index in [-0.39, 0.29) is 5.91 Å². The molecule has 3 nitrogen and oxygen atoms in total. The number of ether oxygens (including phenoxy) is 1. The fourth-order valence-electron chi connectivity index (χ4n) is 1.94. The maximum absolute atomic E-state index is 11.7. The number of nitrogens with zero attached hydrogens (tertiary/aromatic N) is 1. The number of hydrogen-bond donors (Lipinski definition) is 0. The average Bonchev–Trinajstić information content (AvgIpc) is 2.30. The van der Waals surface area contributed by atoms with Gasteiger partial charge < -0.3 is 4.74 Å². The molecule has 0 unspecified atom stereocenters. The summed E-state index contributed by atoms with van der Waals surface area (Å²) in [6.07, 6.45) is 1.98. The molecule has 0 spiro atoms. The lowest BCUT2D eigenvalue weighted by atomic mass is 9.92. The maximum atomic E-state index is 11.7. The van der Waals surface area contributed by atoms with Crippen LogP contribution in [0.5, 0.6) is 0 Å². The summed E-state index contributed by atoms with van der Waals surface area (Å²) in [5.41, 5.74) is 3.48. The normalized spacial score (nSPS) is 18.8. The molecule has 2 aliphatic rings. The fourth-order valence-corrected chi connectivity index (χ4v) is 1.94. The summed E-state index contributed by atoms with van der Waals surface area (Å²) < 4.78 is 5.24. The highest BCUT2D eigenvalue weighted by Crippen LogP contribution is 2.27. The maximum Gasteiger partial charge on any atom is 0.277 e. The summed E-state index contributed by atoms with van der Waals surface area (Å²) in [7, 11) is 0. The number of benzene rings is 1. The zero-order valence-electron chi connectivity index (χ0n) is 8.06. The van der Waals surface area contributed by atoms with Crippen molar-refractivity contribution < 1.29 is 9.53 Å². The quantitative estimate of drug-likeness (QED) is 0.637. The number of aliphatic imine (C=N–C) groups is 1. The molecule has 0 N–H and O–H groups in total. The van der Waals surface area contributed by atoms with Crippen LogP contribution in [0.1, 0.15) is 15.9 Å². The molecule has 0 atom stereocenters. The predicted molar refractivity (Wildman–Crippen MR) is 57.0 cm³/mol. The Kier molecular flexibility index (Phi) is 1.79. The van der Waals surface area contributed by atoms with E-state index in [1.54, 1.807) is 0 Å².